The SMILES string of the molecule is CC(=Nc1c(C)cc(C)cc1C)c1cccc(C(C)=Nc2c(C)cc(C)cc2C)n1.[Cl][Cr][Cl]. The number of nitrogens with zero attached hydrogens (tertiary/aromatic N) is 3. The average molecular weight is 520 g/mol. The van der Waals surface area contributed by atoms with Crippen LogP contribution in [0.2, 0.25) is 0 Å². The fourth-order valence-electron chi connectivity index (χ4n) is 3.99. The van der Waals surface area contributed by atoms with E-state index in [2.05, 4.69) is 65.8 Å². The Morgan fingerprint density at radius 1 is 0.667 bits per heavy atom. The number of hydrogen-bond donors (Lipinski definition) is 0. The van der Waals surface area contributed by atoms with E-state index in [1.54, 1.807) is 0 Å². The number of aromatic nitrogens is 1. The number of benzene rings is 2. The zero-order chi connectivity index (χ0) is 24.7. The average Bonchev–Trinajstić information content (AvgIpc) is 2.73. The fraction of sp³-hybridized carbons (Fsp3) is 0.296. The summed E-state index contributed by atoms with van der Waals surface area (Å²) in [6, 6.07) is 14.7. The summed E-state index contributed by atoms with van der Waals surface area (Å²) >= 11 is -0.181. The summed E-state index contributed by atoms with van der Waals surface area (Å²) in [6.07, 6.45) is 0. The first-order valence-corrected chi connectivity index (χ1v) is 14.2. The molecular weight excluding hydrogens is 489 g/mol. The van der Waals surface area contributed by atoms with Gasteiger partial charge < -0.3 is 0 Å². The molecule has 0 N–H and O–H groups in total. The Morgan fingerprint density at radius 3 is 1.27 bits per heavy atom. The van der Waals surface area contributed by atoms with Crippen molar-refractivity contribution in [3.63, 3.8) is 0 Å². The van der Waals surface area contributed by atoms with Crippen molar-refractivity contribution in [3.05, 3.63) is 87.2 Å². The molecule has 3 nitrogen and oxygen atoms in total. The maximum absolute atomic E-state index is 4.91. The zero-order valence-electron chi connectivity index (χ0n) is 20.5. The van der Waals surface area contributed by atoms with E-state index in [1.165, 1.54) is 33.4 Å². The first-order chi connectivity index (χ1) is 15.6. The summed E-state index contributed by atoms with van der Waals surface area (Å²) in [5.74, 6) is 0. The van der Waals surface area contributed by atoms with Gasteiger partial charge in [0.05, 0.1) is 34.2 Å². The van der Waals surface area contributed by atoms with E-state index in [1.807, 2.05) is 32.0 Å². The van der Waals surface area contributed by atoms with Gasteiger partial charge in [0.2, 0.25) is 0 Å². The maximum atomic E-state index is 4.91. The molecule has 0 fully saturated rings. The Kier molecular flexibility index (Phi) is 10.3. The van der Waals surface area contributed by atoms with Crippen LogP contribution in [-0.2, 0) is 13.4 Å². The minimum atomic E-state index is -0.181. The Hall–Kier alpha value is -1.96. The standard InChI is InChI=1S/C27H31N3.2ClH.Cr/c1-16-12-18(3)26(19(4)13-16)28-22(7)24-10-9-11-25(30-24)23(8)29-27-20(5)14-17(2)15-21(27)6;;;/h9-15H,1-8H3;2*1H;/q;;;+2/p-2. The Labute approximate surface area is 213 Å². The zero-order valence-corrected chi connectivity index (χ0v) is 23.3. The molecule has 0 spiro atoms. The first-order valence-electron chi connectivity index (χ1n) is 10.7. The fourth-order valence-corrected chi connectivity index (χ4v) is 3.99. The Bertz CT molecular complexity index is 1060. The van der Waals surface area contributed by atoms with Gasteiger partial charge in [-0.25, -0.2) is 4.98 Å². The predicted octanol–water partition coefficient (Wildman–Crippen LogP) is 8.59. The molecule has 0 aliphatic heterocycles. The monoisotopic (exact) mass is 519 g/mol. The summed E-state index contributed by atoms with van der Waals surface area (Å²) in [4.78, 5) is 14.7. The topological polar surface area (TPSA) is 37.6 Å². The molecule has 3 aromatic rings. The molecule has 0 bridgehead atoms. The van der Waals surface area contributed by atoms with Crippen molar-refractivity contribution in [1.29, 1.82) is 0 Å². The van der Waals surface area contributed by atoms with Gasteiger partial charge in [-0.1, -0.05) is 41.5 Å². The second-order valence-corrected chi connectivity index (χ2v) is 10.5. The van der Waals surface area contributed by atoms with Crippen molar-refractivity contribution in [2.24, 2.45) is 9.98 Å². The third-order valence-electron chi connectivity index (χ3n) is 5.32. The molecule has 0 saturated carbocycles. The van der Waals surface area contributed by atoms with Gasteiger partial charge in [0.15, 0.2) is 0 Å². The third kappa shape index (κ3) is 7.52. The number of aryl methyl sites for hydroxylation is 6. The van der Waals surface area contributed by atoms with Crippen LogP contribution in [0.4, 0.5) is 11.4 Å². The molecule has 0 aliphatic carbocycles. The van der Waals surface area contributed by atoms with E-state index in [9.17, 15) is 0 Å². The van der Waals surface area contributed by atoms with Crippen molar-refractivity contribution in [2.45, 2.75) is 55.4 Å². The molecule has 33 heavy (non-hydrogen) atoms. The molecule has 0 unspecified atom stereocenters. The number of aliphatic imine (C=N–C) groups is 2. The third-order valence-corrected chi connectivity index (χ3v) is 5.32. The molecule has 0 amide bonds. The van der Waals surface area contributed by atoms with Crippen LogP contribution in [0.3, 0.4) is 0 Å². The molecule has 0 saturated heterocycles. The summed E-state index contributed by atoms with van der Waals surface area (Å²) in [7, 11) is 9.65. The van der Waals surface area contributed by atoms with E-state index in [-0.39, 0.29) is 13.4 Å². The van der Waals surface area contributed by atoms with Gasteiger partial charge in [-0.3, -0.25) is 9.98 Å². The van der Waals surface area contributed by atoms with Gasteiger partial charge in [-0.15, -0.1) is 0 Å². The Morgan fingerprint density at radius 2 is 0.970 bits per heavy atom. The van der Waals surface area contributed by atoms with Crippen molar-refractivity contribution < 1.29 is 13.4 Å². The summed E-state index contributed by atoms with van der Waals surface area (Å²) < 4.78 is 0. The molecule has 3 rings (SSSR count). The molecule has 6 heteroatoms. The molecule has 1 heterocycles. The van der Waals surface area contributed by atoms with E-state index in [0.29, 0.717) is 0 Å². The number of rotatable bonds is 4. The first kappa shape index (κ1) is 27.3. The van der Waals surface area contributed by atoms with Crippen LogP contribution in [-0.4, -0.2) is 16.4 Å². The quantitative estimate of drug-likeness (QED) is 0.318. The van der Waals surface area contributed by atoms with Crippen molar-refractivity contribution in [1.82, 2.24) is 4.98 Å². The van der Waals surface area contributed by atoms with Crippen LogP contribution in [0.25, 0.3) is 0 Å². The number of hydrogen-bond acceptors (Lipinski definition) is 3. The summed E-state index contributed by atoms with van der Waals surface area (Å²) in [5, 5.41) is 0. The van der Waals surface area contributed by atoms with Crippen LogP contribution < -0.4 is 0 Å². The van der Waals surface area contributed by atoms with Crippen LogP contribution in [0.5, 0.6) is 0 Å². The number of pyridine rings is 1. The van der Waals surface area contributed by atoms with Crippen molar-refractivity contribution >= 4 is 42.9 Å². The van der Waals surface area contributed by atoms with Crippen molar-refractivity contribution in [2.75, 3.05) is 0 Å². The van der Waals surface area contributed by atoms with E-state index < -0.39 is 0 Å². The molecule has 0 atom stereocenters. The van der Waals surface area contributed by atoms with Crippen LogP contribution in [0.15, 0.2) is 52.4 Å². The summed E-state index contributed by atoms with van der Waals surface area (Å²) in [5.41, 5.74) is 12.9. The minimum absolute atomic E-state index is 0.181. The van der Waals surface area contributed by atoms with Crippen LogP contribution >= 0.6 is 20.1 Å². The molecule has 2 aromatic carbocycles. The van der Waals surface area contributed by atoms with E-state index >= 15 is 0 Å². The molecule has 1 aromatic heterocycles. The molecule has 0 radical (unpaired) electrons. The molecular formula is C27H31Cl2CrN3. The van der Waals surface area contributed by atoms with Gasteiger partial charge in [-0.05, 0) is 89.8 Å². The van der Waals surface area contributed by atoms with Gasteiger partial charge in [-0.2, -0.15) is 0 Å². The van der Waals surface area contributed by atoms with Crippen LogP contribution in [0, 0.1) is 41.5 Å². The van der Waals surface area contributed by atoms with Crippen LogP contribution in [0.1, 0.15) is 58.6 Å². The van der Waals surface area contributed by atoms with Gasteiger partial charge >= 0.3 is 33.5 Å². The normalized spacial score (nSPS) is 11.8. The van der Waals surface area contributed by atoms with Gasteiger partial charge in [0.1, 0.15) is 0 Å². The molecule has 0 aliphatic rings. The molecule has 174 valence electrons. The van der Waals surface area contributed by atoms with Gasteiger partial charge in [0, 0.05) is 0 Å². The van der Waals surface area contributed by atoms with Gasteiger partial charge in [0.25, 0.3) is 0 Å². The van der Waals surface area contributed by atoms with Crippen molar-refractivity contribution in [3.8, 4) is 0 Å². The number of halogens is 2. The van der Waals surface area contributed by atoms with E-state index in [0.717, 1.165) is 34.2 Å². The second-order valence-electron chi connectivity index (χ2n) is 8.36. The second kappa shape index (κ2) is 12.5. The van der Waals surface area contributed by atoms with E-state index in [4.69, 9.17) is 35.1 Å². The Balaban J connectivity index is 0.00000122. The predicted molar refractivity (Wildman–Crippen MR) is 141 cm³/mol. The summed E-state index contributed by atoms with van der Waals surface area (Å²) in [6.45, 7) is 16.7.